The number of ether oxygens (including phenoxy) is 2. The second-order valence-corrected chi connectivity index (χ2v) is 9.83. The lowest BCUT2D eigenvalue weighted by Crippen LogP contribution is -2.34. The monoisotopic (exact) mass is 563 g/mol. The molecule has 3 aromatic carbocycles. The van der Waals surface area contributed by atoms with Crippen LogP contribution in [0.2, 0.25) is 5.02 Å². The van der Waals surface area contributed by atoms with E-state index < -0.39 is 11.9 Å². The van der Waals surface area contributed by atoms with E-state index >= 15 is 0 Å². The number of unbranched alkanes of at least 4 members (excludes halogenated alkanes) is 1. The van der Waals surface area contributed by atoms with Crippen molar-refractivity contribution in [2.24, 2.45) is 5.10 Å². The summed E-state index contributed by atoms with van der Waals surface area (Å²) in [5.74, 6) is -0.355. The Bertz CT molecular complexity index is 1480. The fourth-order valence-corrected chi connectivity index (χ4v) is 4.82. The lowest BCUT2D eigenvalue weighted by atomic mass is 10.2. The van der Waals surface area contributed by atoms with Crippen molar-refractivity contribution in [2.75, 3.05) is 13.2 Å². The normalized spacial score (nSPS) is 10.9. The van der Waals surface area contributed by atoms with Crippen molar-refractivity contribution in [3.05, 3.63) is 93.8 Å². The maximum absolute atomic E-state index is 12.6. The molecule has 0 saturated heterocycles. The first-order valence-corrected chi connectivity index (χ1v) is 13.5. The number of nitrogens with zero attached hydrogens (tertiary/aromatic N) is 1. The number of benzene rings is 3. The average Bonchev–Trinajstić information content (AvgIpc) is 3.30. The maximum atomic E-state index is 12.6. The van der Waals surface area contributed by atoms with Crippen LogP contribution in [0.15, 0.2) is 77.9 Å². The van der Waals surface area contributed by atoms with Gasteiger partial charge in [-0.15, -0.1) is 11.3 Å². The quantitative estimate of drug-likeness (QED) is 0.0784. The number of carbonyl (C=O) groups excluding carboxylic acids is 3. The zero-order valence-electron chi connectivity index (χ0n) is 21.1. The highest BCUT2D eigenvalue weighted by Gasteiger charge is 2.19. The number of halogens is 1. The molecule has 0 atom stereocenters. The van der Waals surface area contributed by atoms with Gasteiger partial charge in [-0.1, -0.05) is 43.1 Å². The first-order valence-electron chi connectivity index (χ1n) is 12.3. The second kappa shape index (κ2) is 13.5. The zero-order chi connectivity index (χ0) is 27.6. The fourth-order valence-electron chi connectivity index (χ4n) is 3.44. The van der Waals surface area contributed by atoms with Crippen molar-refractivity contribution in [1.29, 1.82) is 0 Å². The number of amides is 2. The van der Waals surface area contributed by atoms with E-state index in [-0.39, 0.29) is 12.5 Å². The standard InChI is InChI=1S/C29H26ClN3O5S/c1-2-3-16-37-21-14-10-20(11-15-21)28(35)31-18-25(34)33-32-17-19-8-12-22(13-9-19)38-29(36)27-26(30)23-6-4-5-7-24(23)39-27/h4-15,17H,2-3,16,18H2,1H3,(H,31,35)(H,33,34). The number of thiophene rings is 1. The summed E-state index contributed by atoms with van der Waals surface area (Å²) in [6.45, 7) is 2.48. The van der Waals surface area contributed by atoms with Gasteiger partial charge in [-0.3, -0.25) is 9.59 Å². The van der Waals surface area contributed by atoms with Crippen LogP contribution in [0, 0.1) is 0 Å². The Morgan fingerprint density at radius 2 is 1.69 bits per heavy atom. The van der Waals surface area contributed by atoms with Crippen molar-refractivity contribution in [2.45, 2.75) is 19.8 Å². The third-order valence-corrected chi connectivity index (χ3v) is 7.16. The molecule has 0 spiro atoms. The number of carbonyl (C=O) groups is 3. The molecule has 2 N–H and O–H groups in total. The largest absolute Gasteiger partial charge is 0.494 e. The van der Waals surface area contributed by atoms with Crippen LogP contribution in [0.1, 0.15) is 45.4 Å². The summed E-state index contributed by atoms with van der Waals surface area (Å²) < 4.78 is 11.9. The van der Waals surface area contributed by atoms with E-state index in [0.717, 1.165) is 22.9 Å². The van der Waals surface area contributed by atoms with Crippen LogP contribution >= 0.6 is 22.9 Å². The van der Waals surface area contributed by atoms with E-state index in [9.17, 15) is 14.4 Å². The summed E-state index contributed by atoms with van der Waals surface area (Å²) >= 11 is 7.63. The first-order chi connectivity index (χ1) is 18.9. The molecular formula is C29H26ClN3O5S. The molecule has 4 rings (SSSR count). The average molecular weight is 564 g/mol. The minimum atomic E-state index is -0.534. The van der Waals surface area contributed by atoms with Gasteiger partial charge in [-0.25, -0.2) is 10.2 Å². The van der Waals surface area contributed by atoms with Gasteiger partial charge in [0.05, 0.1) is 24.4 Å². The summed E-state index contributed by atoms with van der Waals surface area (Å²) in [5.41, 5.74) is 3.45. The van der Waals surface area contributed by atoms with Gasteiger partial charge in [-0.2, -0.15) is 5.10 Å². The van der Waals surface area contributed by atoms with Crippen molar-refractivity contribution in [1.82, 2.24) is 10.7 Å². The number of hydrogen-bond acceptors (Lipinski definition) is 7. The summed E-state index contributed by atoms with van der Waals surface area (Å²) in [4.78, 5) is 37.2. The van der Waals surface area contributed by atoms with Gasteiger partial charge in [0.15, 0.2) is 0 Å². The van der Waals surface area contributed by atoms with Crippen molar-refractivity contribution in [3.63, 3.8) is 0 Å². The molecule has 0 radical (unpaired) electrons. The first kappa shape index (κ1) is 27.8. The van der Waals surface area contributed by atoms with Crippen LogP contribution in [0.25, 0.3) is 10.1 Å². The van der Waals surface area contributed by atoms with Crippen LogP contribution in [0.5, 0.6) is 11.5 Å². The number of hydrogen-bond donors (Lipinski definition) is 2. The molecule has 0 bridgehead atoms. The molecule has 200 valence electrons. The highest BCUT2D eigenvalue weighted by molar-refractivity contribution is 7.21. The van der Waals surface area contributed by atoms with Gasteiger partial charge in [0.2, 0.25) is 0 Å². The fraction of sp³-hybridized carbons (Fsp3) is 0.172. The SMILES string of the molecule is CCCCOc1ccc(C(=O)NCC(=O)NN=Cc2ccc(OC(=O)c3sc4ccccc4c3Cl)cc2)cc1. The van der Waals surface area contributed by atoms with E-state index in [2.05, 4.69) is 22.8 Å². The number of nitrogens with one attached hydrogen (secondary N) is 2. The van der Waals surface area contributed by atoms with Crippen molar-refractivity contribution >= 4 is 57.0 Å². The molecule has 0 fully saturated rings. The lowest BCUT2D eigenvalue weighted by Gasteiger charge is -2.07. The number of hydrazone groups is 1. The van der Waals surface area contributed by atoms with E-state index in [1.165, 1.54) is 17.6 Å². The van der Waals surface area contributed by atoms with E-state index in [0.29, 0.717) is 39.1 Å². The Morgan fingerprint density at radius 1 is 0.974 bits per heavy atom. The maximum Gasteiger partial charge on any atom is 0.355 e. The Balaban J connectivity index is 1.21. The zero-order valence-corrected chi connectivity index (χ0v) is 22.7. The van der Waals surface area contributed by atoms with E-state index in [4.69, 9.17) is 21.1 Å². The summed E-state index contributed by atoms with van der Waals surface area (Å²) in [5, 5.41) is 7.63. The molecule has 0 saturated carbocycles. The minimum Gasteiger partial charge on any atom is -0.494 e. The highest BCUT2D eigenvalue weighted by Crippen LogP contribution is 2.35. The van der Waals surface area contributed by atoms with Crippen LogP contribution in [-0.4, -0.2) is 37.1 Å². The third kappa shape index (κ3) is 7.66. The second-order valence-electron chi connectivity index (χ2n) is 8.40. The molecule has 0 aliphatic heterocycles. The predicted octanol–water partition coefficient (Wildman–Crippen LogP) is 5.83. The highest BCUT2D eigenvalue weighted by atomic mass is 35.5. The Kier molecular flexibility index (Phi) is 9.66. The van der Waals surface area contributed by atoms with Gasteiger partial charge in [0.1, 0.15) is 16.4 Å². The molecule has 8 nitrogen and oxygen atoms in total. The van der Waals surface area contributed by atoms with Crippen LogP contribution < -0.4 is 20.2 Å². The van der Waals surface area contributed by atoms with Crippen LogP contribution in [0.3, 0.4) is 0 Å². The van der Waals surface area contributed by atoms with Gasteiger partial charge < -0.3 is 14.8 Å². The van der Waals surface area contributed by atoms with Gasteiger partial charge in [0.25, 0.3) is 11.8 Å². The number of rotatable bonds is 11. The van der Waals surface area contributed by atoms with Crippen molar-refractivity contribution in [3.8, 4) is 11.5 Å². The molecule has 0 aliphatic carbocycles. The molecule has 0 aliphatic rings. The molecule has 39 heavy (non-hydrogen) atoms. The van der Waals surface area contributed by atoms with E-state index in [1.54, 1.807) is 48.5 Å². The Labute approximate surface area is 234 Å². The molecule has 10 heteroatoms. The third-order valence-electron chi connectivity index (χ3n) is 5.51. The Hall–Kier alpha value is -4.21. The van der Waals surface area contributed by atoms with Gasteiger partial charge >= 0.3 is 5.97 Å². The number of fused-ring (bicyclic) bond motifs is 1. The Morgan fingerprint density at radius 3 is 2.41 bits per heavy atom. The van der Waals surface area contributed by atoms with Gasteiger partial charge in [0, 0.05) is 15.6 Å². The van der Waals surface area contributed by atoms with Crippen LogP contribution in [0.4, 0.5) is 0 Å². The molecule has 0 unspecified atom stereocenters. The van der Waals surface area contributed by atoms with Crippen molar-refractivity contribution < 1.29 is 23.9 Å². The molecular weight excluding hydrogens is 538 g/mol. The smallest absolute Gasteiger partial charge is 0.355 e. The summed E-state index contributed by atoms with van der Waals surface area (Å²) in [6, 6.07) is 20.8. The molecule has 4 aromatic rings. The minimum absolute atomic E-state index is 0.236. The van der Waals surface area contributed by atoms with Crippen LogP contribution in [-0.2, 0) is 4.79 Å². The lowest BCUT2D eigenvalue weighted by molar-refractivity contribution is -0.120. The summed E-state index contributed by atoms with van der Waals surface area (Å²) in [7, 11) is 0. The summed E-state index contributed by atoms with van der Waals surface area (Å²) in [6.07, 6.45) is 3.44. The van der Waals surface area contributed by atoms with E-state index in [1.807, 2.05) is 24.3 Å². The molecule has 1 heterocycles. The van der Waals surface area contributed by atoms with Gasteiger partial charge in [-0.05, 0) is 66.6 Å². The number of esters is 1. The molecule has 2 amide bonds. The predicted molar refractivity (Wildman–Crippen MR) is 153 cm³/mol. The topological polar surface area (TPSA) is 106 Å². The molecule has 1 aromatic heterocycles.